The molecule has 0 aromatic rings. The van der Waals surface area contributed by atoms with Crippen LogP contribution in [0.5, 0.6) is 0 Å². The van der Waals surface area contributed by atoms with Gasteiger partial charge in [0, 0.05) is 26.7 Å². The number of unbranched alkanes of at least 4 members (excludes halogenated alkanes) is 1. The lowest BCUT2D eigenvalue weighted by Gasteiger charge is -2.30. The van der Waals surface area contributed by atoms with Crippen LogP contribution >= 0.6 is 0 Å². The maximum atomic E-state index is 4.23. The summed E-state index contributed by atoms with van der Waals surface area (Å²) in [4.78, 5) is 6.78. The molecular formula is C14H30N4. The number of piperidine rings is 1. The normalized spacial score (nSPS) is 18.9. The maximum Gasteiger partial charge on any atom is 0.191 e. The molecule has 0 amide bonds. The van der Waals surface area contributed by atoms with E-state index >= 15 is 0 Å². The van der Waals surface area contributed by atoms with E-state index in [1.807, 2.05) is 7.05 Å². The zero-order chi connectivity index (χ0) is 13.2. The number of hydrogen-bond acceptors (Lipinski definition) is 2. The second-order valence-corrected chi connectivity index (χ2v) is 5.30. The molecule has 0 aromatic heterocycles. The molecule has 1 rings (SSSR count). The largest absolute Gasteiger partial charge is 0.356 e. The smallest absolute Gasteiger partial charge is 0.191 e. The molecule has 106 valence electrons. The highest BCUT2D eigenvalue weighted by atomic mass is 15.2. The molecule has 0 bridgehead atoms. The van der Waals surface area contributed by atoms with Gasteiger partial charge in [-0.25, -0.2) is 0 Å². The number of hydrogen-bond donors (Lipinski definition) is 2. The van der Waals surface area contributed by atoms with E-state index in [4.69, 9.17) is 0 Å². The number of likely N-dealkylation sites (tertiary alicyclic amines) is 1. The fraction of sp³-hybridized carbons (Fsp3) is 0.929. The van der Waals surface area contributed by atoms with Crippen LogP contribution in [0.4, 0.5) is 0 Å². The van der Waals surface area contributed by atoms with Gasteiger partial charge in [-0.1, -0.05) is 20.3 Å². The van der Waals surface area contributed by atoms with Crippen LogP contribution in [-0.2, 0) is 0 Å². The minimum absolute atomic E-state index is 0.915. The average Bonchev–Trinajstić information content (AvgIpc) is 2.39. The molecule has 4 nitrogen and oxygen atoms in total. The SMILES string of the molecule is CCCCNC(=NC)NCCN1CCC(C)CC1. The van der Waals surface area contributed by atoms with Gasteiger partial charge in [0.2, 0.25) is 0 Å². The molecule has 1 heterocycles. The summed E-state index contributed by atoms with van der Waals surface area (Å²) in [5.41, 5.74) is 0. The van der Waals surface area contributed by atoms with Crippen molar-refractivity contribution in [1.29, 1.82) is 0 Å². The summed E-state index contributed by atoms with van der Waals surface area (Å²) in [5, 5.41) is 6.72. The quantitative estimate of drug-likeness (QED) is 0.430. The Labute approximate surface area is 112 Å². The Bertz CT molecular complexity index is 232. The van der Waals surface area contributed by atoms with Crippen molar-refractivity contribution in [2.75, 3.05) is 39.8 Å². The first-order valence-electron chi connectivity index (χ1n) is 7.43. The zero-order valence-electron chi connectivity index (χ0n) is 12.3. The van der Waals surface area contributed by atoms with Gasteiger partial charge in [0.25, 0.3) is 0 Å². The summed E-state index contributed by atoms with van der Waals surface area (Å²) in [6, 6.07) is 0. The molecule has 1 aliphatic rings. The predicted octanol–water partition coefficient (Wildman–Crippen LogP) is 1.68. The highest BCUT2D eigenvalue weighted by molar-refractivity contribution is 5.79. The Morgan fingerprint density at radius 2 is 1.89 bits per heavy atom. The second kappa shape index (κ2) is 9.20. The van der Waals surface area contributed by atoms with Gasteiger partial charge in [0.15, 0.2) is 5.96 Å². The highest BCUT2D eigenvalue weighted by Gasteiger charge is 2.14. The number of guanidine groups is 1. The van der Waals surface area contributed by atoms with Crippen LogP contribution < -0.4 is 10.6 Å². The van der Waals surface area contributed by atoms with E-state index in [9.17, 15) is 0 Å². The van der Waals surface area contributed by atoms with Crippen molar-refractivity contribution in [3.63, 3.8) is 0 Å². The van der Waals surface area contributed by atoms with Gasteiger partial charge in [-0.2, -0.15) is 0 Å². The maximum absolute atomic E-state index is 4.23. The van der Waals surface area contributed by atoms with Crippen molar-refractivity contribution in [1.82, 2.24) is 15.5 Å². The summed E-state index contributed by atoms with van der Waals surface area (Å²) in [6.45, 7) is 10.2. The van der Waals surface area contributed by atoms with Crippen LogP contribution in [0.15, 0.2) is 4.99 Å². The molecule has 1 fully saturated rings. The molecule has 0 atom stereocenters. The summed E-state index contributed by atoms with van der Waals surface area (Å²) < 4.78 is 0. The van der Waals surface area contributed by atoms with E-state index < -0.39 is 0 Å². The molecular weight excluding hydrogens is 224 g/mol. The van der Waals surface area contributed by atoms with Gasteiger partial charge in [-0.05, 0) is 38.3 Å². The molecule has 0 saturated carbocycles. The minimum Gasteiger partial charge on any atom is -0.356 e. The fourth-order valence-electron chi connectivity index (χ4n) is 2.22. The van der Waals surface area contributed by atoms with Crippen LogP contribution in [-0.4, -0.2) is 50.6 Å². The van der Waals surface area contributed by atoms with E-state index in [2.05, 4.69) is 34.4 Å². The third-order valence-corrected chi connectivity index (χ3v) is 3.64. The average molecular weight is 254 g/mol. The lowest BCUT2D eigenvalue weighted by atomic mass is 9.99. The zero-order valence-corrected chi connectivity index (χ0v) is 12.3. The summed E-state index contributed by atoms with van der Waals surface area (Å²) in [7, 11) is 1.84. The van der Waals surface area contributed by atoms with E-state index in [1.54, 1.807) is 0 Å². The van der Waals surface area contributed by atoms with Gasteiger partial charge in [-0.15, -0.1) is 0 Å². The van der Waals surface area contributed by atoms with E-state index in [0.717, 1.165) is 31.5 Å². The van der Waals surface area contributed by atoms with Gasteiger partial charge in [0.05, 0.1) is 0 Å². The topological polar surface area (TPSA) is 39.7 Å². The first kappa shape index (κ1) is 15.3. The van der Waals surface area contributed by atoms with Gasteiger partial charge in [-0.3, -0.25) is 4.99 Å². The highest BCUT2D eigenvalue weighted by Crippen LogP contribution is 2.14. The Balaban J connectivity index is 2.08. The molecule has 2 N–H and O–H groups in total. The number of rotatable bonds is 6. The lowest BCUT2D eigenvalue weighted by Crippen LogP contribution is -2.43. The van der Waals surface area contributed by atoms with Crippen LogP contribution in [0, 0.1) is 5.92 Å². The van der Waals surface area contributed by atoms with Crippen molar-refractivity contribution < 1.29 is 0 Å². The standard InChI is InChI=1S/C14H30N4/c1-4-5-8-16-14(15-3)17-9-12-18-10-6-13(2)7-11-18/h13H,4-12H2,1-3H3,(H2,15,16,17). The van der Waals surface area contributed by atoms with Crippen molar-refractivity contribution in [3.8, 4) is 0 Å². The third-order valence-electron chi connectivity index (χ3n) is 3.64. The van der Waals surface area contributed by atoms with E-state index in [-0.39, 0.29) is 0 Å². The van der Waals surface area contributed by atoms with Crippen LogP contribution in [0.25, 0.3) is 0 Å². The van der Waals surface area contributed by atoms with Crippen molar-refractivity contribution >= 4 is 5.96 Å². The molecule has 18 heavy (non-hydrogen) atoms. The summed E-state index contributed by atoms with van der Waals surface area (Å²) in [6.07, 6.45) is 5.12. The van der Waals surface area contributed by atoms with Crippen LogP contribution in [0.2, 0.25) is 0 Å². The molecule has 0 unspecified atom stereocenters. The summed E-state index contributed by atoms with van der Waals surface area (Å²) >= 11 is 0. The predicted molar refractivity (Wildman–Crippen MR) is 79.1 cm³/mol. The van der Waals surface area contributed by atoms with E-state index in [0.29, 0.717) is 0 Å². The minimum atomic E-state index is 0.915. The number of nitrogens with zero attached hydrogens (tertiary/aromatic N) is 2. The number of aliphatic imine (C=N–C) groups is 1. The molecule has 1 aliphatic heterocycles. The van der Waals surface area contributed by atoms with Crippen LogP contribution in [0.3, 0.4) is 0 Å². The molecule has 1 saturated heterocycles. The molecule has 0 radical (unpaired) electrons. The Morgan fingerprint density at radius 1 is 1.22 bits per heavy atom. The molecule has 4 heteroatoms. The van der Waals surface area contributed by atoms with E-state index in [1.165, 1.54) is 38.8 Å². The van der Waals surface area contributed by atoms with Crippen molar-refractivity contribution in [2.45, 2.75) is 39.5 Å². The van der Waals surface area contributed by atoms with Gasteiger partial charge < -0.3 is 15.5 Å². The van der Waals surface area contributed by atoms with Crippen LogP contribution in [0.1, 0.15) is 39.5 Å². The Morgan fingerprint density at radius 3 is 2.50 bits per heavy atom. The Hall–Kier alpha value is -0.770. The lowest BCUT2D eigenvalue weighted by molar-refractivity contribution is 0.195. The molecule has 0 spiro atoms. The number of nitrogens with one attached hydrogen (secondary N) is 2. The first-order chi connectivity index (χ1) is 8.76. The fourth-order valence-corrected chi connectivity index (χ4v) is 2.22. The first-order valence-corrected chi connectivity index (χ1v) is 7.43. The van der Waals surface area contributed by atoms with Gasteiger partial charge >= 0.3 is 0 Å². The van der Waals surface area contributed by atoms with Crippen molar-refractivity contribution in [2.24, 2.45) is 10.9 Å². The molecule has 0 aliphatic carbocycles. The second-order valence-electron chi connectivity index (χ2n) is 5.30. The third kappa shape index (κ3) is 6.24. The summed E-state index contributed by atoms with van der Waals surface area (Å²) in [5.74, 6) is 1.85. The Kier molecular flexibility index (Phi) is 7.81. The van der Waals surface area contributed by atoms with Crippen molar-refractivity contribution in [3.05, 3.63) is 0 Å². The molecule has 0 aromatic carbocycles. The van der Waals surface area contributed by atoms with Gasteiger partial charge in [0.1, 0.15) is 0 Å². The monoisotopic (exact) mass is 254 g/mol.